The first-order valence-electron chi connectivity index (χ1n) is 2.18. The molecule has 0 fully saturated rings. The van der Waals surface area contributed by atoms with Crippen molar-refractivity contribution in [2.24, 2.45) is 0 Å². The molecule has 0 aliphatic carbocycles. The summed E-state index contributed by atoms with van der Waals surface area (Å²) in [6.07, 6.45) is 0. The summed E-state index contributed by atoms with van der Waals surface area (Å²) in [6, 6.07) is 0. The van der Waals surface area contributed by atoms with Crippen LogP contribution in [-0.4, -0.2) is 8.75 Å². The molecule has 8 heavy (non-hydrogen) atoms. The lowest BCUT2D eigenvalue weighted by atomic mass is 10.4. The number of hydrogen-bond donors (Lipinski definition) is 0. The maximum absolute atomic E-state index is 4.02. The number of hydrogen-bond acceptors (Lipinski definition) is 3. The first-order chi connectivity index (χ1) is 3.84. The zero-order chi connectivity index (χ0) is 5.98. The Morgan fingerprint density at radius 3 is 2.62 bits per heavy atom. The molecule has 0 aliphatic heterocycles. The van der Waals surface area contributed by atoms with E-state index in [0.29, 0.717) is 0 Å². The van der Waals surface area contributed by atoms with Crippen molar-refractivity contribution >= 4 is 27.7 Å². The van der Waals surface area contributed by atoms with Crippen LogP contribution in [0.4, 0.5) is 0 Å². The first-order valence-corrected chi connectivity index (χ1v) is 4.03. The van der Waals surface area contributed by atoms with Gasteiger partial charge in [-0.1, -0.05) is 15.9 Å². The van der Waals surface area contributed by atoms with Gasteiger partial charge < -0.3 is 0 Å². The molecule has 1 aromatic heterocycles. The van der Waals surface area contributed by atoms with Crippen molar-refractivity contribution < 1.29 is 0 Å². The van der Waals surface area contributed by atoms with E-state index in [2.05, 4.69) is 24.7 Å². The molecule has 0 radical (unpaired) electrons. The molecule has 1 heterocycles. The van der Waals surface area contributed by atoms with Gasteiger partial charge >= 0.3 is 0 Å². The van der Waals surface area contributed by atoms with E-state index in [0.717, 1.165) is 16.7 Å². The van der Waals surface area contributed by atoms with Gasteiger partial charge in [0.25, 0.3) is 0 Å². The van der Waals surface area contributed by atoms with E-state index in [-0.39, 0.29) is 0 Å². The third-order valence-electron chi connectivity index (χ3n) is 0.873. The van der Waals surface area contributed by atoms with E-state index in [1.807, 2.05) is 6.92 Å². The summed E-state index contributed by atoms with van der Waals surface area (Å²) in [5.74, 6) is 0. The molecule has 1 rings (SSSR count). The third-order valence-corrected chi connectivity index (χ3v) is 2.06. The topological polar surface area (TPSA) is 25.8 Å². The quantitative estimate of drug-likeness (QED) is 0.635. The van der Waals surface area contributed by atoms with Gasteiger partial charge in [-0.2, -0.15) is 8.75 Å². The second-order valence-corrected chi connectivity index (χ2v) is 2.52. The largest absolute Gasteiger partial charge is 0.178 e. The van der Waals surface area contributed by atoms with Crippen molar-refractivity contribution in [1.82, 2.24) is 8.75 Å². The minimum absolute atomic E-state index is 0.815. The fraction of sp³-hybridized carbons (Fsp3) is 0.500. The van der Waals surface area contributed by atoms with Crippen molar-refractivity contribution in [3.8, 4) is 0 Å². The minimum Gasteiger partial charge on any atom is -0.178 e. The van der Waals surface area contributed by atoms with Gasteiger partial charge in [-0.25, -0.2) is 0 Å². The highest BCUT2D eigenvalue weighted by atomic mass is 79.9. The summed E-state index contributed by atoms with van der Waals surface area (Å²) in [5.41, 5.74) is 2.09. The smallest absolute Gasteiger partial charge is 0.0877 e. The highest BCUT2D eigenvalue weighted by Crippen LogP contribution is 2.07. The lowest BCUT2D eigenvalue weighted by Gasteiger charge is -1.82. The van der Waals surface area contributed by atoms with Crippen LogP contribution in [0.5, 0.6) is 0 Å². The molecule has 44 valence electrons. The molecule has 0 saturated heterocycles. The molecule has 0 unspecified atom stereocenters. The van der Waals surface area contributed by atoms with Crippen LogP contribution < -0.4 is 0 Å². The van der Waals surface area contributed by atoms with Gasteiger partial charge in [0.05, 0.1) is 23.1 Å². The van der Waals surface area contributed by atoms with Crippen molar-refractivity contribution in [1.29, 1.82) is 0 Å². The minimum atomic E-state index is 0.815. The zero-order valence-electron chi connectivity index (χ0n) is 4.39. The number of aryl methyl sites for hydroxylation is 1. The first kappa shape index (κ1) is 6.16. The second kappa shape index (κ2) is 2.55. The summed E-state index contributed by atoms with van der Waals surface area (Å²) in [4.78, 5) is 0. The highest BCUT2D eigenvalue weighted by Gasteiger charge is 1.97. The monoisotopic (exact) mass is 192 g/mol. The van der Waals surface area contributed by atoms with Crippen LogP contribution in [0.3, 0.4) is 0 Å². The van der Waals surface area contributed by atoms with E-state index < -0.39 is 0 Å². The van der Waals surface area contributed by atoms with Gasteiger partial charge in [0.2, 0.25) is 0 Å². The Balaban J connectivity index is 2.92. The standard InChI is InChI=1S/C4H5BrN2S/c1-3-4(2-5)7-8-6-3/h2H2,1H3. The van der Waals surface area contributed by atoms with Crippen LogP contribution in [0.25, 0.3) is 0 Å². The SMILES string of the molecule is Cc1nsnc1CBr. The van der Waals surface area contributed by atoms with Gasteiger partial charge in [-0.3, -0.25) is 0 Å². The van der Waals surface area contributed by atoms with E-state index >= 15 is 0 Å². The number of rotatable bonds is 1. The molecule has 0 bridgehead atoms. The summed E-state index contributed by atoms with van der Waals surface area (Å²) in [7, 11) is 0. The molecule has 0 aliphatic rings. The highest BCUT2D eigenvalue weighted by molar-refractivity contribution is 9.08. The summed E-state index contributed by atoms with van der Waals surface area (Å²) in [5, 5.41) is 0.815. The maximum Gasteiger partial charge on any atom is 0.0877 e. The molecule has 2 nitrogen and oxygen atoms in total. The second-order valence-electron chi connectivity index (χ2n) is 1.43. The average Bonchev–Trinajstić information content (AvgIpc) is 2.14. The van der Waals surface area contributed by atoms with Crippen molar-refractivity contribution in [2.45, 2.75) is 12.3 Å². The molecule has 4 heteroatoms. The molecule has 0 spiro atoms. The molecule has 0 atom stereocenters. The van der Waals surface area contributed by atoms with Crippen LogP contribution in [0.2, 0.25) is 0 Å². The molecule has 1 aromatic rings. The summed E-state index contributed by atoms with van der Waals surface area (Å²) >= 11 is 4.55. The van der Waals surface area contributed by atoms with Crippen molar-refractivity contribution in [3.05, 3.63) is 11.4 Å². The molecule has 0 aromatic carbocycles. The van der Waals surface area contributed by atoms with Crippen LogP contribution in [0.1, 0.15) is 11.4 Å². The van der Waals surface area contributed by atoms with E-state index in [1.165, 1.54) is 11.7 Å². The maximum atomic E-state index is 4.02. The lowest BCUT2D eigenvalue weighted by Crippen LogP contribution is -1.78. The predicted octanol–water partition coefficient (Wildman–Crippen LogP) is 1.74. The summed E-state index contributed by atoms with van der Waals surface area (Å²) in [6.45, 7) is 1.96. The Morgan fingerprint density at radius 2 is 2.38 bits per heavy atom. The fourth-order valence-corrected chi connectivity index (χ4v) is 1.63. The molecule has 0 N–H and O–H groups in total. The Kier molecular flexibility index (Phi) is 1.96. The van der Waals surface area contributed by atoms with Gasteiger partial charge in [0.1, 0.15) is 0 Å². The molecular formula is C4H5BrN2S. The number of alkyl halides is 1. The number of aromatic nitrogens is 2. The van der Waals surface area contributed by atoms with Crippen molar-refractivity contribution in [2.75, 3.05) is 0 Å². The van der Waals surface area contributed by atoms with Crippen LogP contribution in [-0.2, 0) is 5.33 Å². The van der Waals surface area contributed by atoms with Crippen LogP contribution >= 0.6 is 27.7 Å². The Bertz CT molecular complexity index is 174. The van der Waals surface area contributed by atoms with E-state index in [1.54, 1.807) is 0 Å². The van der Waals surface area contributed by atoms with Gasteiger partial charge in [0.15, 0.2) is 0 Å². The third kappa shape index (κ3) is 1.06. The van der Waals surface area contributed by atoms with Crippen LogP contribution in [0.15, 0.2) is 0 Å². The van der Waals surface area contributed by atoms with E-state index in [4.69, 9.17) is 0 Å². The Morgan fingerprint density at radius 1 is 1.62 bits per heavy atom. The van der Waals surface area contributed by atoms with Crippen molar-refractivity contribution in [3.63, 3.8) is 0 Å². The molecule has 0 amide bonds. The fourth-order valence-electron chi connectivity index (χ4n) is 0.371. The average molecular weight is 193 g/mol. The van der Waals surface area contributed by atoms with Gasteiger partial charge in [-0.15, -0.1) is 0 Å². The molecular weight excluding hydrogens is 188 g/mol. The Hall–Kier alpha value is 0.0400. The summed E-state index contributed by atoms with van der Waals surface area (Å²) < 4.78 is 8.01. The number of nitrogens with zero attached hydrogens (tertiary/aromatic N) is 2. The normalized spacial score (nSPS) is 9.75. The van der Waals surface area contributed by atoms with Gasteiger partial charge in [-0.05, 0) is 6.92 Å². The van der Waals surface area contributed by atoms with E-state index in [9.17, 15) is 0 Å². The van der Waals surface area contributed by atoms with Gasteiger partial charge in [0, 0.05) is 5.33 Å². The van der Waals surface area contributed by atoms with Crippen LogP contribution in [0, 0.1) is 6.92 Å². The predicted molar refractivity (Wildman–Crippen MR) is 37.3 cm³/mol. The zero-order valence-corrected chi connectivity index (χ0v) is 6.79. The molecule has 0 saturated carbocycles. The Labute approximate surface area is 60.4 Å². The lowest BCUT2D eigenvalue weighted by molar-refractivity contribution is 1.20. The number of halogens is 1.